The number of rotatable bonds is 10. The van der Waals surface area contributed by atoms with E-state index in [1.165, 1.54) is 19.3 Å². The summed E-state index contributed by atoms with van der Waals surface area (Å²) in [6, 6.07) is 0. The number of fused-ring (bicyclic) bond motifs is 5. The van der Waals surface area contributed by atoms with Gasteiger partial charge in [0.15, 0.2) is 0 Å². The molecule has 1 saturated heterocycles. The zero-order valence-electron chi connectivity index (χ0n) is 27.5. The lowest BCUT2D eigenvalue weighted by Gasteiger charge is -2.60. The monoisotopic (exact) mass is 660 g/mol. The molecule has 3 saturated carbocycles. The number of phosphoric ester groups is 1. The summed E-state index contributed by atoms with van der Waals surface area (Å²) < 4.78 is 29.0. The lowest BCUT2D eigenvalue weighted by Crippen LogP contribution is -2.60. The number of aliphatic hydroxyl groups is 5. The van der Waals surface area contributed by atoms with E-state index in [0.717, 1.165) is 25.7 Å². The maximum Gasteiger partial charge on any atom is 0.469 e. The molecule has 4 fully saturated rings. The van der Waals surface area contributed by atoms with Crippen molar-refractivity contribution >= 4 is 7.82 Å². The highest BCUT2D eigenvalue weighted by Crippen LogP contribution is 2.68. The second-order valence-corrected chi connectivity index (χ2v) is 17.0. The van der Waals surface area contributed by atoms with Gasteiger partial charge >= 0.3 is 7.82 Å². The van der Waals surface area contributed by atoms with Crippen LogP contribution in [0.4, 0.5) is 0 Å². The molecule has 11 nitrogen and oxygen atoms in total. The highest BCUT2D eigenvalue weighted by molar-refractivity contribution is 7.46. The van der Waals surface area contributed by atoms with E-state index in [-0.39, 0.29) is 35.3 Å². The van der Waals surface area contributed by atoms with Crippen molar-refractivity contribution in [1.82, 2.24) is 0 Å². The largest absolute Gasteiger partial charge is 0.469 e. The zero-order chi connectivity index (χ0) is 33.1. The molecule has 5 aliphatic rings. The predicted molar refractivity (Wildman–Crippen MR) is 165 cm³/mol. The molecule has 0 aromatic rings. The first kappa shape index (κ1) is 35.7. The molecule has 5 unspecified atom stereocenters. The average Bonchev–Trinajstić information content (AvgIpc) is 3.32. The van der Waals surface area contributed by atoms with Crippen LogP contribution in [0.15, 0.2) is 11.3 Å². The van der Waals surface area contributed by atoms with Gasteiger partial charge in [0.2, 0.25) is 6.29 Å². The quantitative estimate of drug-likeness (QED) is 0.170. The van der Waals surface area contributed by atoms with Crippen LogP contribution in [-0.4, -0.2) is 84.8 Å². The standard InChI is InChI=1S/C33H57O11P/c1-17(2)7-6-8-18(3)20-9-10-21-25-22(12-14-32(20,21)4)33(5)13-11-19(44-45(39,40)41)15-23(33)30(27(25)36)43-31-29(38)28(37)26(35)24(16-34)42-31/h17-22,24-29,31,34-38H,6-16H2,1-5H3,(H2,39,40,41)/t18-,19?,20-,21?,22?,24-,25?,26+,27?,28+,29-,31-,32-,33-/m1/s1. The van der Waals surface area contributed by atoms with Crippen molar-refractivity contribution in [2.45, 2.75) is 142 Å². The van der Waals surface area contributed by atoms with Gasteiger partial charge in [-0.15, -0.1) is 0 Å². The van der Waals surface area contributed by atoms with Gasteiger partial charge in [0.25, 0.3) is 0 Å². The molecular weight excluding hydrogens is 603 g/mol. The minimum absolute atomic E-state index is 0.0439. The molecule has 12 heteroatoms. The van der Waals surface area contributed by atoms with Crippen LogP contribution in [0.1, 0.15) is 98.8 Å². The van der Waals surface area contributed by atoms with Crippen molar-refractivity contribution in [3.63, 3.8) is 0 Å². The zero-order valence-corrected chi connectivity index (χ0v) is 28.4. The summed E-state index contributed by atoms with van der Waals surface area (Å²) in [5, 5.41) is 53.7. The third kappa shape index (κ3) is 6.70. The Bertz CT molecular complexity index is 1120. The van der Waals surface area contributed by atoms with Crippen molar-refractivity contribution in [3.8, 4) is 0 Å². The SMILES string of the molecule is CC(C)CCC[C@@H](C)[C@H]1CCC2C3C(O)C(O[C@H]4O[C@H](CO)[C@H](O)[C@H](O)[C@H]4O)=C4CC(OP(=O)(O)O)CC[C@]4(C)C3CC[C@@]21C. The second-order valence-electron chi connectivity index (χ2n) is 15.8. The van der Waals surface area contributed by atoms with Gasteiger partial charge in [0.05, 0.1) is 12.7 Å². The number of hydrogen-bond donors (Lipinski definition) is 7. The van der Waals surface area contributed by atoms with Crippen molar-refractivity contribution in [2.24, 2.45) is 46.3 Å². The summed E-state index contributed by atoms with van der Waals surface area (Å²) in [5.74, 6) is 2.21. The molecule has 0 aromatic carbocycles. The van der Waals surface area contributed by atoms with E-state index in [9.17, 15) is 39.9 Å². The molecule has 260 valence electrons. The molecule has 1 aliphatic heterocycles. The third-order valence-corrected chi connectivity index (χ3v) is 13.3. The Labute approximate surface area is 267 Å². The van der Waals surface area contributed by atoms with Crippen LogP contribution in [0.2, 0.25) is 0 Å². The fraction of sp³-hybridized carbons (Fsp3) is 0.939. The van der Waals surface area contributed by atoms with Crippen LogP contribution in [0.3, 0.4) is 0 Å². The fourth-order valence-corrected chi connectivity index (χ4v) is 11.0. The van der Waals surface area contributed by atoms with Crippen molar-refractivity contribution < 1.29 is 53.9 Å². The minimum atomic E-state index is -4.77. The summed E-state index contributed by atoms with van der Waals surface area (Å²) in [6.07, 6.45) is -0.519. The Kier molecular flexibility index (Phi) is 10.6. The van der Waals surface area contributed by atoms with Gasteiger partial charge in [-0.05, 0) is 96.9 Å². The van der Waals surface area contributed by atoms with Crippen LogP contribution in [-0.2, 0) is 18.6 Å². The van der Waals surface area contributed by atoms with Gasteiger partial charge in [0.1, 0.15) is 36.3 Å². The summed E-state index contributed by atoms with van der Waals surface area (Å²) in [7, 11) is -4.77. The molecule has 5 rings (SSSR count). The molecule has 45 heavy (non-hydrogen) atoms. The Morgan fingerprint density at radius 2 is 1.64 bits per heavy atom. The topological polar surface area (TPSA) is 186 Å². The Morgan fingerprint density at radius 1 is 0.933 bits per heavy atom. The van der Waals surface area contributed by atoms with Crippen molar-refractivity contribution in [3.05, 3.63) is 11.3 Å². The van der Waals surface area contributed by atoms with Crippen LogP contribution >= 0.6 is 7.82 Å². The lowest BCUT2D eigenvalue weighted by atomic mass is 9.46. The van der Waals surface area contributed by atoms with E-state index in [2.05, 4.69) is 34.6 Å². The van der Waals surface area contributed by atoms with E-state index >= 15 is 0 Å². The first-order valence-electron chi connectivity index (χ1n) is 17.1. The third-order valence-electron chi connectivity index (χ3n) is 12.8. The average molecular weight is 661 g/mol. The summed E-state index contributed by atoms with van der Waals surface area (Å²) in [5.41, 5.74) is 0.283. The van der Waals surface area contributed by atoms with E-state index in [0.29, 0.717) is 36.2 Å². The predicted octanol–water partition coefficient (Wildman–Crippen LogP) is 3.62. The Hall–Kier alpha value is -0.590. The highest BCUT2D eigenvalue weighted by Gasteiger charge is 2.63. The van der Waals surface area contributed by atoms with Gasteiger partial charge in [-0.2, -0.15) is 0 Å². The maximum absolute atomic E-state index is 12.3. The van der Waals surface area contributed by atoms with E-state index in [1.54, 1.807) is 0 Å². The van der Waals surface area contributed by atoms with Crippen molar-refractivity contribution in [2.75, 3.05) is 6.61 Å². The first-order chi connectivity index (χ1) is 21.0. The summed E-state index contributed by atoms with van der Waals surface area (Å²) in [6.45, 7) is 10.9. The first-order valence-corrected chi connectivity index (χ1v) is 18.7. The lowest BCUT2D eigenvalue weighted by molar-refractivity contribution is -0.297. The minimum Gasteiger partial charge on any atom is -0.464 e. The summed E-state index contributed by atoms with van der Waals surface area (Å²) in [4.78, 5) is 19.2. The molecule has 7 N–H and O–H groups in total. The fourth-order valence-electron chi connectivity index (χ4n) is 10.4. The second kappa shape index (κ2) is 13.4. The van der Waals surface area contributed by atoms with Gasteiger partial charge in [0, 0.05) is 0 Å². The Balaban J connectivity index is 1.49. The van der Waals surface area contributed by atoms with Gasteiger partial charge in [-0.3, -0.25) is 4.52 Å². The van der Waals surface area contributed by atoms with Crippen LogP contribution in [0.25, 0.3) is 0 Å². The van der Waals surface area contributed by atoms with Crippen LogP contribution in [0, 0.1) is 46.3 Å². The molecule has 0 aromatic heterocycles. The normalized spacial score (nSPS) is 46.0. The number of ether oxygens (including phenoxy) is 2. The van der Waals surface area contributed by atoms with E-state index in [4.69, 9.17) is 14.0 Å². The molecule has 0 radical (unpaired) electrons. The molecule has 4 aliphatic carbocycles. The molecular formula is C33H57O11P. The van der Waals surface area contributed by atoms with E-state index < -0.39 is 62.8 Å². The van der Waals surface area contributed by atoms with Gasteiger partial charge in [-0.1, -0.05) is 53.9 Å². The molecule has 14 atom stereocenters. The molecule has 1 heterocycles. The number of hydrogen-bond acceptors (Lipinski definition) is 9. The smallest absolute Gasteiger partial charge is 0.464 e. The molecule has 0 bridgehead atoms. The number of aliphatic hydroxyl groups excluding tert-OH is 5. The van der Waals surface area contributed by atoms with Gasteiger partial charge < -0.3 is 44.8 Å². The number of phosphoric acid groups is 1. The van der Waals surface area contributed by atoms with E-state index in [1.807, 2.05) is 0 Å². The highest BCUT2D eigenvalue weighted by atomic mass is 31.2. The van der Waals surface area contributed by atoms with Crippen LogP contribution in [0.5, 0.6) is 0 Å². The Morgan fingerprint density at radius 3 is 2.29 bits per heavy atom. The van der Waals surface area contributed by atoms with Gasteiger partial charge in [-0.25, -0.2) is 4.57 Å². The summed E-state index contributed by atoms with van der Waals surface area (Å²) >= 11 is 0. The van der Waals surface area contributed by atoms with Crippen LogP contribution < -0.4 is 0 Å². The molecule has 0 spiro atoms. The maximum atomic E-state index is 12.3. The van der Waals surface area contributed by atoms with Crippen molar-refractivity contribution in [1.29, 1.82) is 0 Å². The molecule has 0 amide bonds.